The molecule has 1 fully saturated rings. The summed E-state index contributed by atoms with van der Waals surface area (Å²) >= 11 is 0. The molecule has 0 aromatic rings. The Kier molecular flexibility index (Phi) is 5.88. The van der Waals surface area contributed by atoms with Gasteiger partial charge in [-0.2, -0.15) is 0 Å². The van der Waals surface area contributed by atoms with E-state index in [0.29, 0.717) is 5.92 Å². The summed E-state index contributed by atoms with van der Waals surface area (Å²) in [6, 6.07) is 0.105. The Balaban J connectivity index is 2.48. The molecule has 18 heavy (non-hydrogen) atoms. The number of alkyl carbamates (subject to hydrolysis) is 1. The van der Waals surface area contributed by atoms with E-state index in [4.69, 9.17) is 9.47 Å². The van der Waals surface area contributed by atoms with Gasteiger partial charge in [-0.3, -0.25) is 0 Å². The molecule has 0 aromatic carbocycles. The highest BCUT2D eigenvalue weighted by atomic mass is 16.6. The van der Waals surface area contributed by atoms with Gasteiger partial charge in [-0.25, -0.2) is 4.79 Å². The molecule has 1 amide bonds. The lowest BCUT2D eigenvalue weighted by Gasteiger charge is -2.31. The summed E-state index contributed by atoms with van der Waals surface area (Å²) in [5, 5.41) is 6.09. The third-order valence-electron chi connectivity index (χ3n) is 2.96. The second-order valence-corrected chi connectivity index (χ2v) is 5.76. The zero-order valence-corrected chi connectivity index (χ0v) is 11.9. The molecule has 0 aromatic heterocycles. The number of carbonyl (C=O) groups excluding carboxylic acids is 1. The van der Waals surface area contributed by atoms with Gasteiger partial charge in [0.05, 0.1) is 0 Å². The summed E-state index contributed by atoms with van der Waals surface area (Å²) in [4.78, 5) is 11.8. The minimum absolute atomic E-state index is 0.105. The average Bonchev–Trinajstić information content (AvgIpc) is 2.27. The number of hydrogen-bond acceptors (Lipinski definition) is 4. The lowest BCUT2D eigenvalue weighted by Crippen LogP contribution is -2.49. The molecule has 1 heterocycles. The van der Waals surface area contributed by atoms with E-state index < -0.39 is 5.60 Å². The fraction of sp³-hybridized carbons (Fsp3) is 0.923. The maximum absolute atomic E-state index is 11.8. The number of likely N-dealkylation sites (N-methyl/N-ethyl adjacent to an activating group) is 1. The first-order valence-electron chi connectivity index (χ1n) is 6.64. The smallest absolute Gasteiger partial charge is 0.407 e. The van der Waals surface area contributed by atoms with Crippen molar-refractivity contribution in [3.05, 3.63) is 0 Å². The highest BCUT2D eigenvalue weighted by Gasteiger charge is 2.26. The minimum atomic E-state index is -0.454. The summed E-state index contributed by atoms with van der Waals surface area (Å²) in [5.41, 5.74) is -0.454. The van der Waals surface area contributed by atoms with Gasteiger partial charge in [-0.15, -0.1) is 0 Å². The normalized spacial score (nSPS) is 19.3. The highest BCUT2D eigenvalue weighted by Crippen LogP contribution is 2.19. The minimum Gasteiger partial charge on any atom is -0.444 e. The fourth-order valence-electron chi connectivity index (χ4n) is 2.13. The first-order valence-corrected chi connectivity index (χ1v) is 6.64. The summed E-state index contributed by atoms with van der Waals surface area (Å²) in [6.07, 6.45) is 1.64. The van der Waals surface area contributed by atoms with E-state index in [1.54, 1.807) is 0 Å². The van der Waals surface area contributed by atoms with Crippen LogP contribution in [0.5, 0.6) is 0 Å². The van der Waals surface area contributed by atoms with Crippen molar-refractivity contribution in [2.24, 2.45) is 5.92 Å². The van der Waals surface area contributed by atoms with Crippen molar-refractivity contribution < 1.29 is 14.3 Å². The SMILES string of the molecule is CNCC(NC(=O)OC(C)(C)C)C1CCOCC1. The van der Waals surface area contributed by atoms with Gasteiger partial charge in [0.15, 0.2) is 0 Å². The van der Waals surface area contributed by atoms with Gasteiger partial charge in [0.1, 0.15) is 5.60 Å². The van der Waals surface area contributed by atoms with Gasteiger partial charge in [0, 0.05) is 25.8 Å². The molecule has 0 saturated carbocycles. The van der Waals surface area contributed by atoms with Crippen LogP contribution in [0.4, 0.5) is 4.79 Å². The van der Waals surface area contributed by atoms with Crippen molar-refractivity contribution in [1.82, 2.24) is 10.6 Å². The van der Waals surface area contributed by atoms with Gasteiger partial charge in [-0.1, -0.05) is 0 Å². The van der Waals surface area contributed by atoms with Crippen LogP contribution in [-0.4, -0.2) is 44.5 Å². The van der Waals surface area contributed by atoms with Gasteiger partial charge < -0.3 is 20.1 Å². The van der Waals surface area contributed by atoms with Crippen LogP contribution in [0.15, 0.2) is 0 Å². The van der Waals surface area contributed by atoms with Crippen molar-refractivity contribution in [2.75, 3.05) is 26.8 Å². The molecule has 5 nitrogen and oxygen atoms in total. The maximum atomic E-state index is 11.8. The Morgan fingerprint density at radius 3 is 2.50 bits per heavy atom. The molecular formula is C13H26N2O3. The molecule has 2 N–H and O–H groups in total. The number of nitrogens with one attached hydrogen (secondary N) is 2. The molecule has 1 aliphatic rings. The standard InChI is InChI=1S/C13H26N2O3/c1-13(2,3)18-12(16)15-11(9-14-4)10-5-7-17-8-6-10/h10-11,14H,5-9H2,1-4H3,(H,15,16). The van der Waals surface area contributed by atoms with E-state index in [1.807, 2.05) is 27.8 Å². The van der Waals surface area contributed by atoms with Gasteiger partial charge in [0.25, 0.3) is 0 Å². The molecule has 0 radical (unpaired) electrons. The Morgan fingerprint density at radius 2 is 2.00 bits per heavy atom. The van der Waals surface area contributed by atoms with Crippen molar-refractivity contribution in [1.29, 1.82) is 0 Å². The largest absolute Gasteiger partial charge is 0.444 e. The first kappa shape index (κ1) is 15.2. The predicted molar refractivity (Wildman–Crippen MR) is 70.6 cm³/mol. The van der Waals surface area contributed by atoms with Gasteiger partial charge in [-0.05, 0) is 46.6 Å². The number of ether oxygens (including phenoxy) is 2. The molecule has 1 rings (SSSR count). The molecule has 0 aliphatic carbocycles. The van der Waals surface area contributed by atoms with Crippen molar-refractivity contribution in [2.45, 2.75) is 45.3 Å². The molecule has 0 spiro atoms. The molecule has 1 atom stereocenters. The summed E-state index contributed by atoms with van der Waals surface area (Å²) in [7, 11) is 1.89. The quantitative estimate of drug-likeness (QED) is 0.803. The van der Waals surface area contributed by atoms with E-state index >= 15 is 0 Å². The predicted octanol–water partition coefficient (Wildman–Crippen LogP) is 1.53. The second-order valence-electron chi connectivity index (χ2n) is 5.76. The van der Waals surface area contributed by atoms with Gasteiger partial charge >= 0.3 is 6.09 Å². The summed E-state index contributed by atoms with van der Waals surface area (Å²) in [6.45, 7) is 7.92. The number of hydrogen-bond donors (Lipinski definition) is 2. The van der Waals surface area contributed by atoms with Crippen LogP contribution in [0.25, 0.3) is 0 Å². The molecule has 1 unspecified atom stereocenters. The Morgan fingerprint density at radius 1 is 1.39 bits per heavy atom. The topological polar surface area (TPSA) is 59.6 Å². The van der Waals surface area contributed by atoms with Crippen LogP contribution in [-0.2, 0) is 9.47 Å². The fourth-order valence-corrected chi connectivity index (χ4v) is 2.13. The lowest BCUT2D eigenvalue weighted by molar-refractivity contribution is 0.0353. The van der Waals surface area contributed by atoms with E-state index in [2.05, 4.69) is 10.6 Å². The monoisotopic (exact) mass is 258 g/mol. The van der Waals surface area contributed by atoms with E-state index in [1.165, 1.54) is 0 Å². The zero-order chi connectivity index (χ0) is 13.6. The lowest BCUT2D eigenvalue weighted by atomic mass is 9.92. The highest BCUT2D eigenvalue weighted by molar-refractivity contribution is 5.68. The molecule has 1 saturated heterocycles. The molecule has 5 heteroatoms. The Bertz CT molecular complexity index is 257. The maximum Gasteiger partial charge on any atom is 0.407 e. The van der Waals surface area contributed by atoms with Crippen molar-refractivity contribution in [3.63, 3.8) is 0 Å². The third-order valence-corrected chi connectivity index (χ3v) is 2.96. The molecule has 106 valence electrons. The zero-order valence-electron chi connectivity index (χ0n) is 11.9. The van der Waals surface area contributed by atoms with Gasteiger partial charge in [0.2, 0.25) is 0 Å². The second kappa shape index (κ2) is 6.95. The first-order chi connectivity index (χ1) is 8.42. The average molecular weight is 258 g/mol. The molecular weight excluding hydrogens is 232 g/mol. The molecule has 1 aliphatic heterocycles. The summed E-state index contributed by atoms with van der Waals surface area (Å²) < 4.78 is 10.6. The van der Waals surface area contributed by atoms with E-state index in [9.17, 15) is 4.79 Å². The Hall–Kier alpha value is -0.810. The number of rotatable bonds is 4. The van der Waals surface area contributed by atoms with Crippen molar-refractivity contribution >= 4 is 6.09 Å². The molecule has 0 bridgehead atoms. The Labute approximate surface area is 110 Å². The van der Waals surface area contributed by atoms with Crippen molar-refractivity contribution in [3.8, 4) is 0 Å². The van der Waals surface area contributed by atoms with Crippen LogP contribution in [0.3, 0.4) is 0 Å². The van der Waals surface area contributed by atoms with Crippen LogP contribution in [0.1, 0.15) is 33.6 Å². The van der Waals surface area contributed by atoms with E-state index in [-0.39, 0.29) is 12.1 Å². The van der Waals surface area contributed by atoms with Crippen LogP contribution in [0.2, 0.25) is 0 Å². The van der Waals surface area contributed by atoms with Crippen LogP contribution in [0, 0.1) is 5.92 Å². The number of carbonyl (C=O) groups is 1. The third kappa shape index (κ3) is 5.69. The number of amides is 1. The summed E-state index contributed by atoms with van der Waals surface area (Å²) in [5.74, 6) is 0.457. The van der Waals surface area contributed by atoms with Crippen LogP contribution >= 0.6 is 0 Å². The van der Waals surface area contributed by atoms with E-state index in [0.717, 1.165) is 32.6 Å². The van der Waals surface area contributed by atoms with Crippen LogP contribution < -0.4 is 10.6 Å².